The number of halogens is 1. The molecule has 0 atom stereocenters. The van der Waals surface area contributed by atoms with E-state index in [1.807, 2.05) is 36.0 Å². The third kappa shape index (κ3) is 4.88. The van der Waals surface area contributed by atoms with Crippen LogP contribution in [-0.2, 0) is 6.54 Å². The topological polar surface area (TPSA) is 57.3 Å². The molecule has 0 bridgehead atoms. The van der Waals surface area contributed by atoms with E-state index in [9.17, 15) is 4.79 Å². The van der Waals surface area contributed by atoms with Gasteiger partial charge in [0.15, 0.2) is 0 Å². The quantitative estimate of drug-likeness (QED) is 0.658. The van der Waals surface area contributed by atoms with E-state index in [0.29, 0.717) is 6.54 Å². The molecule has 2 aromatic carbocycles. The van der Waals surface area contributed by atoms with Gasteiger partial charge < -0.3 is 15.5 Å². The molecule has 5 nitrogen and oxygen atoms in total. The fraction of sp³-hybridized carbons (Fsp3) is 0.238. The molecule has 146 valence electrons. The number of thioether (sulfide) groups is 1. The average Bonchev–Trinajstić information content (AvgIpc) is 2.74. The summed E-state index contributed by atoms with van der Waals surface area (Å²) in [7, 11) is 0. The molecule has 1 fully saturated rings. The number of carbonyl (C=O) groups excluding carboxylic acids is 1. The van der Waals surface area contributed by atoms with Gasteiger partial charge in [-0.25, -0.2) is 4.79 Å². The zero-order valence-corrected chi connectivity index (χ0v) is 17.1. The number of urea groups is 1. The number of rotatable bonds is 4. The van der Waals surface area contributed by atoms with Crippen LogP contribution >= 0.6 is 24.2 Å². The minimum atomic E-state index is -0.212. The molecule has 0 spiro atoms. The number of benzene rings is 2. The second kappa shape index (κ2) is 9.66. The van der Waals surface area contributed by atoms with Crippen molar-refractivity contribution in [2.45, 2.75) is 6.54 Å². The maximum absolute atomic E-state index is 12.3. The summed E-state index contributed by atoms with van der Waals surface area (Å²) in [5.74, 6) is 2.38. The Balaban J connectivity index is 0.00000225. The van der Waals surface area contributed by atoms with Crippen LogP contribution in [0.1, 0.15) is 5.56 Å². The first-order chi connectivity index (χ1) is 13.3. The SMILES string of the molecule is Cl.O=C(NCc1ccc(N2CCSCC2)cc1)Nc1cccc2cnccc12. The van der Waals surface area contributed by atoms with Crippen molar-refractivity contribution in [1.29, 1.82) is 0 Å². The lowest BCUT2D eigenvalue weighted by atomic mass is 10.1. The number of hydrogen-bond acceptors (Lipinski definition) is 4. The maximum atomic E-state index is 12.3. The van der Waals surface area contributed by atoms with E-state index in [2.05, 4.69) is 44.8 Å². The van der Waals surface area contributed by atoms with Crippen molar-refractivity contribution >= 4 is 52.3 Å². The van der Waals surface area contributed by atoms with E-state index in [1.54, 1.807) is 12.4 Å². The second-order valence-corrected chi connectivity index (χ2v) is 7.70. The summed E-state index contributed by atoms with van der Waals surface area (Å²) in [4.78, 5) is 18.8. The Bertz CT molecular complexity index is 924. The lowest BCUT2D eigenvalue weighted by Crippen LogP contribution is -2.32. The molecule has 0 radical (unpaired) electrons. The van der Waals surface area contributed by atoms with Gasteiger partial charge in [-0.15, -0.1) is 12.4 Å². The van der Waals surface area contributed by atoms with Crippen LogP contribution in [0, 0.1) is 0 Å². The van der Waals surface area contributed by atoms with Crippen molar-refractivity contribution < 1.29 is 4.79 Å². The molecule has 2 heterocycles. The lowest BCUT2D eigenvalue weighted by molar-refractivity contribution is 0.252. The smallest absolute Gasteiger partial charge is 0.319 e. The zero-order chi connectivity index (χ0) is 18.5. The van der Waals surface area contributed by atoms with Crippen molar-refractivity contribution in [2.24, 2.45) is 0 Å². The van der Waals surface area contributed by atoms with Gasteiger partial charge in [0.25, 0.3) is 0 Å². The number of amides is 2. The summed E-state index contributed by atoms with van der Waals surface area (Å²) < 4.78 is 0. The van der Waals surface area contributed by atoms with Crippen LogP contribution in [0.3, 0.4) is 0 Å². The normalized spacial score (nSPS) is 13.6. The predicted octanol–water partition coefficient (Wildman–Crippen LogP) is 4.53. The average molecular weight is 415 g/mol. The maximum Gasteiger partial charge on any atom is 0.319 e. The molecule has 28 heavy (non-hydrogen) atoms. The Labute approximate surface area is 175 Å². The highest BCUT2D eigenvalue weighted by atomic mass is 35.5. The van der Waals surface area contributed by atoms with Gasteiger partial charge in [-0.1, -0.05) is 24.3 Å². The predicted molar refractivity (Wildman–Crippen MR) is 121 cm³/mol. The summed E-state index contributed by atoms with van der Waals surface area (Å²) in [5.41, 5.74) is 3.13. The highest BCUT2D eigenvalue weighted by Gasteiger charge is 2.11. The minimum Gasteiger partial charge on any atom is -0.370 e. The van der Waals surface area contributed by atoms with Crippen molar-refractivity contribution in [1.82, 2.24) is 10.3 Å². The number of pyridine rings is 1. The number of carbonyl (C=O) groups is 1. The Morgan fingerprint density at radius 3 is 2.64 bits per heavy atom. The van der Waals surface area contributed by atoms with Gasteiger partial charge in [-0.3, -0.25) is 4.98 Å². The van der Waals surface area contributed by atoms with Crippen molar-refractivity contribution in [3.8, 4) is 0 Å². The van der Waals surface area contributed by atoms with E-state index in [0.717, 1.165) is 35.1 Å². The number of nitrogens with zero attached hydrogens (tertiary/aromatic N) is 2. The molecule has 1 aliphatic heterocycles. The number of anilines is 2. The molecule has 1 saturated heterocycles. The zero-order valence-electron chi connectivity index (χ0n) is 15.4. The molecule has 2 N–H and O–H groups in total. The van der Waals surface area contributed by atoms with Crippen LogP contribution < -0.4 is 15.5 Å². The van der Waals surface area contributed by atoms with Gasteiger partial charge in [0, 0.05) is 60.0 Å². The first-order valence-electron chi connectivity index (χ1n) is 9.09. The Kier molecular flexibility index (Phi) is 7.01. The number of nitrogens with one attached hydrogen (secondary N) is 2. The molecule has 0 unspecified atom stereocenters. The van der Waals surface area contributed by atoms with Crippen LogP contribution in [0.4, 0.5) is 16.2 Å². The van der Waals surface area contributed by atoms with Gasteiger partial charge in [0.1, 0.15) is 0 Å². The molecule has 1 aliphatic rings. The molecule has 1 aromatic heterocycles. The summed E-state index contributed by atoms with van der Waals surface area (Å²) in [5, 5.41) is 7.84. The summed E-state index contributed by atoms with van der Waals surface area (Å²) in [6.45, 7) is 2.70. The van der Waals surface area contributed by atoms with E-state index < -0.39 is 0 Å². The van der Waals surface area contributed by atoms with Gasteiger partial charge in [-0.2, -0.15) is 11.8 Å². The standard InChI is InChI=1S/C21H22N4OS.ClH/c26-21(24-20-3-1-2-17-15-22-9-8-19(17)20)23-14-16-4-6-18(7-5-16)25-10-12-27-13-11-25;/h1-9,15H,10-14H2,(H2,23,24,26);1H. The first-order valence-corrected chi connectivity index (χ1v) is 10.2. The van der Waals surface area contributed by atoms with E-state index in [4.69, 9.17) is 0 Å². The number of fused-ring (bicyclic) bond motifs is 1. The van der Waals surface area contributed by atoms with Gasteiger partial charge in [0.05, 0.1) is 5.69 Å². The Hall–Kier alpha value is -2.44. The van der Waals surface area contributed by atoms with Gasteiger partial charge in [0.2, 0.25) is 0 Å². The van der Waals surface area contributed by atoms with Crippen LogP contribution in [0.25, 0.3) is 10.8 Å². The second-order valence-electron chi connectivity index (χ2n) is 6.48. The molecule has 0 saturated carbocycles. The van der Waals surface area contributed by atoms with Crippen LogP contribution in [-0.4, -0.2) is 35.6 Å². The van der Waals surface area contributed by atoms with Crippen molar-refractivity contribution in [3.63, 3.8) is 0 Å². The van der Waals surface area contributed by atoms with E-state index in [-0.39, 0.29) is 18.4 Å². The molecular weight excluding hydrogens is 392 g/mol. The first kappa shape index (κ1) is 20.3. The van der Waals surface area contributed by atoms with Crippen molar-refractivity contribution in [3.05, 3.63) is 66.5 Å². The van der Waals surface area contributed by atoms with Gasteiger partial charge in [-0.05, 0) is 29.8 Å². The molecule has 0 aliphatic carbocycles. The van der Waals surface area contributed by atoms with E-state index >= 15 is 0 Å². The third-order valence-electron chi connectivity index (χ3n) is 4.69. The van der Waals surface area contributed by atoms with Gasteiger partial charge >= 0.3 is 6.03 Å². The minimum absolute atomic E-state index is 0. The fourth-order valence-corrected chi connectivity index (χ4v) is 4.13. The molecular formula is C21H23ClN4OS. The summed E-state index contributed by atoms with van der Waals surface area (Å²) in [6, 6.07) is 15.9. The monoisotopic (exact) mass is 414 g/mol. The third-order valence-corrected chi connectivity index (χ3v) is 5.64. The summed E-state index contributed by atoms with van der Waals surface area (Å²) >= 11 is 2.01. The lowest BCUT2D eigenvalue weighted by Gasteiger charge is -2.28. The Morgan fingerprint density at radius 2 is 1.86 bits per heavy atom. The van der Waals surface area contributed by atoms with E-state index in [1.165, 1.54) is 17.2 Å². The molecule has 3 aromatic rings. The fourth-order valence-electron chi connectivity index (χ4n) is 3.23. The molecule has 7 heteroatoms. The molecule has 4 rings (SSSR count). The Morgan fingerprint density at radius 1 is 1.07 bits per heavy atom. The van der Waals surface area contributed by atoms with Crippen LogP contribution in [0.2, 0.25) is 0 Å². The van der Waals surface area contributed by atoms with Crippen LogP contribution in [0.15, 0.2) is 60.9 Å². The molecule has 2 amide bonds. The summed E-state index contributed by atoms with van der Waals surface area (Å²) in [6.07, 6.45) is 3.52. The largest absolute Gasteiger partial charge is 0.370 e. The van der Waals surface area contributed by atoms with Crippen molar-refractivity contribution in [2.75, 3.05) is 34.8 Å². The highest BCUT2D eigenvalue weighted by Crippen LogP contribution is 2.22. The number of aromatic nitrogens is 1. The van der Waals surface area contributed by atoms with Crippen LogP contribution in [0.5, 0.6) is 0 Å². The number of hydrogen-bond donors (Lipinski definition) is 2. The highest BCUT2D eigenvalue weighted by molar-refractivity contribution is 7.99.